The van der Waals surface area contributed by atoms with Gasteiger partial charge in [-0.05, 0) is 180 Å². The fourth-order valence-electron chi connectivity index (χ4n) is 13.2. The molecule has 0 heterocycles. The van der Waals surface area contributed by atoms with Gasteiger partial charge in [0, 0.05) is 5.41 Å². The van der Waals surface area contributed by atoms with Gasteiger partial charge in [0.05, 0.1) is 5.41 Å². The molecule has 3 aliphatic rings. The molecule has 0 nitrogen and oxygen atoms in total. The molecule has 0 N–H and O–H groups in total. The highest BCUT2D eigenvalue weighted by Gasteiger charge is 2.51. The summed E-state index contributed by atoms with van der Waals surface area (Å²) in [5.41, 5.74) is 23.2. The van der Waals surface area contributed by atoms with E-state index in [4.69, 9.17) is 0 Å². The second-order valence-corrected chi connectivity index (χ2v) is 19.9. The standard InChI is InChI=1S/C68H44/c1-67(2)62-37-45(46-31-33-52-51-21-11-14-26-61(51)68(64(52)38-46)59-24-12-9-19-49(59)50-20-10-13-25-60(50)68)32-34-53(62)56-39-57-58(40-63(56)67)66(48-30-28-42-16-4-6-18-44(42)36-48)55-23-8-7-22-54(55)65(57)47-29-27-41-15-3-5-17-43(41)35-47/h3-40H,1-2H3. The van der Waals surface area contributed by atoms with Crippen molar-refractivity contribution >= 4 is 43.1 Å². The van der Waals surface area contributed by atoms with Crippen LogP contribution in [0.25, 0.3) is 110 Å². The molecular formula is C68H44. The van der Waals surface area contributed by atoms with Crippen LogP contribution in [-0.4, -0.2) is 0 Å². The van der Waals surface area contributed by atoms with Crippen molar-refractivity contribution in [2.75, 3.05) is 0 Å². The minimum atomic E-state index is -0.378. The molecule has 12 aromatic rings. The van der Waals surface area contributed by atoms with E-state index in [-0.39, 0.29) is 10.8 Å². The second kappa shape index (κ2) is 13.6. The van der Waals surface area contributed by atoms with Gasteiger partial charge in [-0.15, -0.1) is 0 Å². The van der Waals surface area contributed by atoms with E-state index in [9.17, 15) is 0 Å². The average molecular weight is 861 g/mol. The Labute approximate surface area is 396 Å². The zero-order chi connectivity index (χ0) is 44.9. The summed E-state index contributed by atoms with van der Waals surface area (Å²) < 4.78 is 0. The lowest BCUT2D eigenvalue weighted by Crippen LogP contribution is -2.25. The smallest absolute Gasteiger partial charge is 0.0619 e. The largest absolute Gasteiger partial charge is 0.0725 e. The lowest BCUT2D eigenvalue weighted by Gasteiger charge is -2.30. The SMILES string of the molecule is CC1(C)c2cc(-c3ccc4c(c3)C3(c5ccccc5-c5ccccc53)c3ccccc3-4)ccc2-c2cc3c(-c4ccc5ccccc5c4)c4ccccc4c(-c4ccc5ccccc5c4)c3cc21. The molecule has 0 fully saturated rings. The maximum Gasteiger partial charge on any atom is 0.0725 e. The topological polar surface area (TPSA) is 0 Å². The summed E-state index contributed by atoms with van der Waals surface area (Å²) in [7, 11) is 0. The summed E-state index contributed by atoms with van der Waals surface area (Å²) in [6, 6.07) is 87.6. The number of benzene rings is 12. The zero-order valence-corrected chi connectivity index (χ0v) is 37.9. The van der Waals surface area contributed by atoms with Crippen molar-refractivity contribution in [2.45, 2.75) is 24.7 Å². The monoisotopic (exact) mass is 860 g/mol. The molecule has 12 aromatic carbocycles. The minimum Gasteiger partial charge on any atom is -0.0619 e. The molecule has 0 heteroatoms. The quantitative estimate of drug-likeness (QED) is 0.155. The summed E-state index contributed by atoms with van der Waals surface area (Å²) in [5.74, 6) is 0. The first-order valence-electron chi connectivity index (χ1n) is 24.1. The summed E-state index contributed by atoms with van der Waals surface area (Å²) in [6.45, 7) is 4.88. The predicted octanol–water partition coefficient (Wildman–Crippen LogP) is 18.0. The highest BCUT2D eigenvalue weighted by Crippen LogP contribution is 2.63. The van der Waals surface area contributed by atoms with Crippen LogP contribution in [0.5, 0.6) is 0 Å². The molecule has 68 heavy (non-hydrogen) atoms. The maximum absolute atomic E-state index is 2.57. The number of hydrogen-bond donors (Lipinski definition) is 0. The van der Waals surface area contributed by atoms with Crippen molar-refractivity contribution in [3.05, 3.63) is 264 Å². The van der Waals surface area contributed by atoms with E-state index in [1.807, 2.05) is 0 Å². The Kier molecular flexibility index (Phi) is 7.59. The first kappa shape index (κ1) is 37.9. The van der Waals surface area contributed by atoms with Crippen LogP contribution in [0.2, 0.25) is 0 Å². The summed E-state index contributed by atoms with van der Waals surface area (Å²) in [5, 5.41) is 10.1. The van der Waals surface area contributed by atoms with Crippen LogP contribution >= 0.6 is 0 Å². The molecule has 0 aromatic heterocycles. The summed E-state index contributed by atoms with van der Waals surface area (Å²) in [4.78, 5) is 0. The molecule has 0 saturated carbocycles. The van der Waals surface area contributed by atoms with E-state index < -0.39 is 0 Å². The fourth-order valence-corrected chi connectivity index (χ4v) is 13.2. The molecule has 0 amide bonds. The van der Waals surface area contributed by atoms with Crippen molar-refractivity contribution in [3.63, 3.8) is 0 Å². The van der Waals surface area contributed by atoms with E-state index in [1.165, 1.54) is 143 Å². The van der Waals surface area contributed by atoms with Crippen molar-refractivity contribution in [2.24, 2.45) is 0 Å². The van der Waals surface area contributed by atoms with Crippen LogP contribution < -0.4 is 0 Å². The molecule has 316 valence electrons. The average Bonchev–Trinajstić information content (AvgIpc) is 3.94. The first-order valence-corrected chi connectivity index (χ1v) is 24.1. The molecule has 1 spiro atoms. The Bertz CT molecular complexity index is 4110. The third kappa shape index (κ3) is 4.94. The fraction of sp³-hybridized carbons (Fsp3) is 0.0588. The Hall–Kier alpha value is -8.32. The van der Waals surface area contributed by atoms with Crippen molar-refractivity contribution in [3.8, 4) is 66.8 Å². The van der Waals surface area contributed by atoms with Crippen molar-refractivity contribution in [1.82, 2.24) is 0 Å². The van der Waals surface area contributed by atoms with Gasteiger partial charge >= 0.3 is 0 Å². The lowest BCUT2D eigenvalue weighted by molar-refractivity contribution is 0.661. The minimum absolute atomic E-state index is 0.248. The number of rotatable bonds is 3. The van der Waals surface area contributed by atoms with Gasteiger partial charge in [-0.2, -0.15) is 0 Å². The molecule has 15 rings (SSSR count). The van der Waals surface area contributed by atoms with E-state index in [1.54, 1.807) is 0 Å². The molecule has 0 unspecified atom stereocenters. The Morgan fingerprint density at radius 1 is 0.235 bits per heavy atom. The van der Waals surface area contributed by atoms with E-state index >= 15 is 0 Å². The molecule has 3 aliphatic carbocycles. The number of hydrogen-bond acceptors (Lipinski definition) is 0. The van der Waals surface area contributed by atoms with Crippen LogP contribution in [0.1, 0.15) is 47.2 Å². The molecule has 0 saturated heterocycles. The van der Waals surface area contributed by atoms with Gasteiger partial charge in [-0.25, -0.2) is 0 Å². The molecule has 0 aliphatic heterocycles. The first-order chi connectivity index (χ1) is 33.5. The zero-order valence-electron chi connectivity index (χ0n) is 37.9. The van der Waals surface area contributed by atoms with Gasteiger partial charge in [-0.1, -0.05) is 208 Å². The molecule has 0 bridgehead atoms. The van der Waals surface area contributed by atoms with Crippen molar-refractivity contribution in [1.29, 1.82) is 0 Å². The Balaban J connectivity index is 0.955. The highest BCUT2D eigenvalue weighted by molar-refractivity contribution is 6.23. The third-order valence-electron chi connectivity index (χ3n) is 16.2. The second-order valence-electron chi connectivity index (χ2n) is 19.9. The maximum atomic E-state index is 2.57. The van der Waals surface area contributed by atoms with Gasteiger partial charge in [0.1, 0.15) is 0 Å². The molecular weight excluding hydrogens is 817 g/mol. The summed E-state index contributed by atoms with van der Waals surface area (Å²) >= 11 is 0. The van der Waals surface area contributed by atoms with Gasteiger partial charge in [0.25, 0.3) is 0 Å². The lowest BCUT2D eigenvalue weighted by atomic mass is 9.70. The van der Waals surface area contributed by atoms with E-state index in [2.05, 4.69) is 244 Å². The van der Waals surface area contributed by atoms with Gasteiger partial charge in [0.2, 0.25) is 0 Å². The van der Waals surface area contributed by atoms with Crippen LogP contribution in [0.3, 0.4) is 0 Å². The van der Waals surface area contributed by atoms with Gasteiger partial charge in [-0.3, -0.25) is 0 Å². The highest BCUT2D eigenvalue weighted by atomic mass is 14.5. The van der Waals surface area contributed by atoms with Gasteiger partial charge in [0.15, 0.2) is 0 Å². The van der Waals surface area contributed by atoms with Crippen LogP contribution in [0.4, 0.5) is 0 Å². The van der Waals surface area contributed by atoms with Crippen LogP contribution in [0, 0.1) is 0 Å². The van der Waals surface area contributed by atoms with Crippen molar-refractivity contribution < 1.29 is 0 Å². The Morgan fingerprint density at radius 3 is 1.15 bits per heavy atom. The molecule has 0 atom stereocenters. The molecule has 0 radical (unpaired) electrons. The van der Waals surface area contributed by atoms with Crippen LogP contribution in [-0.2, 0) is 10.8 Å². The normalized spacial score (nSPS) is 14.3. The summed E-state index contributed by atoms with van der Waals surface area (Å²) in [6.07, 6.45) is 0. The van der Waals surface area contributed by atoms with E-state index in [0.29, 0.717) is 0 Å². The van der Waals surface area contributed by atoms with Gasteiger partial charge < -0.3 is 0 Å². The number of fused-ring (bicyclic) bond motifs is 17. The van der Waals surface area contributed by atoms with E-state index in [0.717, 1.165) is 0 Å². The Morgan fingerprint density at radius 2 is 0.618 bits per heavy atom. The predicted molar refractivity (Wildman–Crippen MR) is 287 cm³/mol. The third-order valence-corrected chi connectivity index (χ3v) is 16.2. The van der Waals surface area contributed by atoms with Crippen LogP contribution in [0.15, 0.2) is 231 Å².